The van der Waals surface area contributed by atoms with E-state index >= 15 is 0 Å². The zero-order valence-electron chi connectivity index (χ0n) is 18.4. The molecule has 2 aliphatic heterocycles. The van der Waals surface area contributed by atoms with Gasteiger partial charge in [-0.2, -0.15) is 0 Å². The molecule has 1 fully saturated rings. The SMILES string of the molecule is COc1ccc(C2Oc3cc(OC)cc(OC4OC(CO)C(O)C(O)C4O)c3C(=O)C2O)cc1. The average molecular weight is 478 g/mol. The first-order valence-electron chi connectivity index (χ1n) is 10.5. The van der Waals surface area contributed by atoms with Gasteiger partial charge in [0, 0.05) is 12.1 Å². The van der Waals surface area contributed by atoms with Crippen LogP contribution in [-0.4, -0.2) is 89.0 Å². The number of methoxy groups -OCH3 is 2. The smallest absolute Gasteiger partial charge is 0.229 e. The third-order valence-corrected chi connectivity index (χ3v) is 5.87. The lowest BCUT2D eigenvalue weighted by atomic mass is 9.92. The van der Waals surface area contributed by atoms with E-state index in [0.717, 1.165) is 0 Å². The molecule has 0 amide bonds. The van der Waals surface area contributed by atoms with E-state index in [2.05, 4.69) is 0 Å². The Morgan fingerprint density at radius 1 is 0.912 bits per heavy atom. The van der Waals surface area contributed by atoms with Crippen LogP contribution in [0.15, 0.2) is 36.4 Å². The van der Waals surface area contributed by atoms with Gasteiger partial charge in [-0.15, -0.1) is 0 Å². The summed E-state index contributed by atoms with van der Waals surface area (Å²) in [6.07, 6.45) is -10.3. The van der Waals surface area contributed by atoms with Crippen LogP contribution in [0.4, 0.5) is 0 Å². The highest BCUT2D eigenvalue weighted by molar-refractivity contribution is 6.05. The normalized spacial score (nSPS) is 30.8. The molecule has 7 unspecified atom stereocenters. The number of hydrogen-bond donors (Lipinski definition) is 5. The fourth-order valence-electron chi connectivity index (χ4n) is 3.93. The Morgan fingerprint density at radius 2 is 1.59 bits per heavy atom. The van der Waals surface area contributed by atoms with Crippen molar-refractivity contribution in [2.75, 3.05) is 20.8 Å². The molecule has 2 aliphatic rings. The summed E-state index contributed by atoms with van der Waals surface area (Å²) in [5.74, 6) is 0.0592. The first-order chi connectivity index (χ1) is 16.3. The minimum absolute atomic E-state index is 0.0649. The van der Waals surface area contributed by atoms with Gasteiger partial charge in [0.05, 0.1) is 20.8 Å². The van der Waals surface area contributed by atoms with E-state index in [4.69, 9.17) is 23.7 Å². The van der Waals surface area contributed by atoms with Crippen LogP contribution in [0.5, 0.6) is 23.0 Å². The van der Waals surface area contributed by atoms with Crippen molar-refractivity contribution >= 4 is 5.78 Å². The highest BCUT2D eigenvalue weighted by Gasteiger charge is 2.46. The molecule has 184 valence electrons. The van der Waals surface area contributed by atoms with Gasteiger partial charge in [-0.25, -0.2) is 0 Å². The third kappa shape index (κ3) is 4.29. The Balaban J connectivity index is 1.68. The molecular weight excluding hydrogens is 452 g/mol. The van der Waals surface area contributed by atoms with Gasteiger partial charge in [-0.1, -0.05) is 12.1 Å². The second kappa shape index (κ2) is 9.74. The van der Waals surface area contributed by atoms with Crippen LogP contribution >= 0.6 is 0 Å². The van der Waals surface area contributed by atoms with Gasteiger partial charge in [-0.3, -0.25) is 4.79 Å². The summed E-state index contributed by atoms with van der Waals surface area (Å²) in [6.45, 7) is -0.647. The molecule has 0 radical (unpaired) electrons. The van der Waals surface area contributed by atoms with Crippen molar-refractivity contribution in [3.05, 3.63) is 47.5 Å². The standard InChI is InChI=1S/C23H26O11/c1-30-11-5-3-10(4-6-11)22-20(28)18(26)16-13(32-22)7-12(31-2)8-14(16)33-23-21(29)19(27)17(25)15(9-24)34-23/h3-8,15,17,19-25,27-29H,9H2,1-2H3. The minimum Gasteiger partial charge on any atom is -0.497 e. The number of carbonyl (C=O) groups is 1. The summed E-state index contributed by atoms with van der Waals surface area (Å²) in [4.78, 5) is 13.2. The molecule has 0 spiro atoms. The first-order valence-corrected chi connectivity index (χ1v) is 10.5. The number of aliphatic hydroxyl groups is 5. The Morgan fingerprint density at radius 3 is 2.21 bits per heavy atom. The van der Waals surface area contributed by atoms with Gasteiger partial charge in [0.2, 0.25) is 12.1 Å². The number of hydrogen-bond acceptors (Lipinski definition) is 11. The number of ketones is 1. The Hall–Kier alpha value is -2.93. The van der Waals surface area contributed by atoms with Crippen LogP contribution in [0.25, 0.3) is 0 Å². The molecule has 1 saturated heterocycles. The maximum Gasteiger partial charge on any atom is 0.229 e. The summed E-state index contributed by atoms with van der Waals surface area (Å²) in [6, 6.07) is 9.46. The molecule has 0 bridgehead atoms. The summed E-state index contributed by atoms with van der Waals surface area (Å²) >= 11 is 0. The van der Waals surface area contributed by atoms with Gasteiger partial charge in [-0.05, 0) is 17.7 Å². The zero-order valence-corrected chi connectivity index (χ0v) is 18.4. The molecule has 2 aromatic carbocycles. The molecule has 0 saturated carbocycles. The lowest BCUT2D eigenvalue weighted by molar-refractivity contribution is -0.277. The Kier molecular flexibility index (Phi) is 6.94. The molecule has 34 heavy (non-hydrogen) atoms. The van der Waals surface area contributed by atoms with Crippen molar-refractivity contribution in [3.63, 3.8) is 0 Å². The molecule has 5 N–H and O–H groups in total. The largest absolute Gasteiger partial charge is 0.497 e. The lowest BCUT2D eigenvalue weighted by Gasteiger charge is -2.40. The highest BCUT2D eigenvalue weighted by atomic mass is 16.7. The predicted molar refractivity (Wildman–Crippen MR) is 114 cm³/mol. The fraction of sp³-hybridized carbons (Fsp3) is 0.435. The van der Waals surface area contributed by atoms with Gasteiger partial charge in [0.25, 0.3) is 0 Å². The van der Waals surface area contributed by atoms with E-state index < -0.39 is 55.3 Å². The van der Waals surface area contributed by atoms with Crippen molar-refractivity contribution in [1.29, 1.82) is 0 Å². The highest BCUT2D eigenvalue weighted by Crippen LogP contribution is 2.43. The van der Waals surface area contributed by atoms with E-state index in [1.165, 1.54) is 26.4 Å². The average Bonchev–Trinajstić information content (AvgIpc) is 2.86. The molecular formula is C23H26O11. The van der Waals surface area contributed by atoms with E-state index in [-0.39, 0.29) is 22.8 Å². The molecule has 2 heterocycles. The molecule has 0 aromatic heterocycles. The molecule has 11 nitrogen and oxygen atoms in total. The number of Topliss-reactive ketones (excluding diaryl/α,β-unsaturated/α-hetero) is 1. The molecule has 11 heteroatoms. The summed E-state index contributed by atoms with van der Waals surface area (Å²) in [5, 5.41) is 50.5. The van der Waals surface area contributed by atoms with E-state index in [9.17, 15) is 30.3 Å². The van der Waals surface area contributed by atoms with Crippen LogP contribution < -0.4 is 18.9 Å². The van der Waals surface area contributed by atoms with Crippen LogP contribution in [0.3, 0.4) is 0 Å². The third-order valence-electron chi connectivity index (χ3n) is 5.87. The molecule has 0 aliphatic carbocycles. The van der Waals surface area contributed by atoms with Crippen molar-refractivity contribution in [1.82, 2.24) is 0 Å². The number of ether oxygens (including phenoxy) is 5. The Bertz CT molecular complexity index is 1020. The summed E-state index contributed by atoms with van der Waals surface area (Å²) in [5.41, 5.74) is 0.418. The fourth-order valence-corrected chi connectivity index (χ4v) is 3.93. The maximum absolute atomic E-state index is 13.2. The van der Waals surface area contributed by atoms with Crippen molar-refractivity contribution in [2.24, 2.45) is 0 Å². The lowest BCUT2D eigenvalue weighted by Crippen LogP contribution is -2.60. The monoisotopic (exact) mass is 478 g/mol. The zero-order chi connectivity index (χ0) is 24.6. The number of fused-ring (bicyclic) bond motifs is 1. The van der Waals surface area contributed by atoms with Crippen molar-refractivity contribution in [3.8, 4) is 23.0 Å². The van der Waals surface area contributed by atoms with E-state index in [1.54, 1.807) is 24.3 Å². The number of aliphatic hydroxyl groups excluding tert-OH is 5. The van der Waals surface area contributed by atoms with Gasteiger partial charge in [0.1, 0.15) is 53.0 Å². The molecule has 2 aromatic rings. The van der Waals surface area contributed by atoms with Gasteiger partial charge >= 0.3 is 0 Å². The number of benzene rings is 2. The minimum atomic E-state index is -1.70. The van der Waals surface area contributed by atoms with E-state index in [0.29, 0.717) is 11.3 Å². The molecule has 7 atom stereocenters. The number of rotatable bonds is 6. The first kappa shape index (κ1) is 24.2. The molecule has 4 rings (SSSR count). The van der Waals surface area contributed by atoms with Crippen LogP contribution in [-0.2, 0) is 4.74 Å². The van der Waals surface area contributed by atoms with Crippen LogP contribution in [0.2, 0.25) is 0 Å². The Labute approximate surface area is 194 Å². The number of carbonyl (C=O) groups excluding carboxylic acids is 1. The van der Waals surface area contributed by atoms with Crippen LogP contribution in [0.1, 0.15) is 22.0 Å². The second-order valence-corrected chi connectivity index (χ2v) is 7.93. The second-order valence-electron chi connectivity index (χ2n) is 7.93. The topological polar surface area (TPSA) is 164 Å². The maximum atomic E-state index is 13.2. The van der Waals surface area contributed by atoms with Gasteiger partial charge in [0.15, 0.2) is 12.2 Å². The summed E-state index contributed by atoms with van der Waals surface area (Å²) < 4.78 is 27.4. The van der Waals surface area contributed by atoms with Crippen molar-refractivity contribution < 1.29 is 54.0 Å². The quantitative estimate of drug-likeness (QED) is 0.366. The van der Waals surface area contributed by atoms with Crippen LogP contribution in [0, 0.1) is 0 Å². The van der Waals surface area contributed by atoms with Crippen molar-refractivity contribution in [2.45, 2.75) is 42.9 Å². The van der Waals surface area contributed by atoms with Gasteiger partial charge < -0.3 is 49.2 Å². The van der Waals surface area contributed by atoms with E-state index in [1.807, 2.05) is 0 Å². The predicted octanol–water partition coefficient (Wildman–Crippen LogP) is -0.440. The summed E-state index contributed by atoms with van der Waals surface area (Å²) in [7, 11) is 2.91.